The van der Waals surface area contributed by atoms with Gasteiger partial charge in [0.1, 0.15) is 6.54 Å². The van der Waals surface area contributed by atoms with Gasteiger partial charge >= 0.3 is 0 Å². The number of allylic oxidation sites excluding steroid dienone is 2. The number of rotatable bonds is 6. The normalized spacial score (nSPS) is 24.8. The van der Waals surface area contributed by atoms with Crippen LogP contribution in [0.2, 0.25) is 0 Å². The Kier molecular flexibility index (Phi) is 4.88. The maximum atomic E-state index is 13.4. The van der Waals surface area contributed by atoms with Gasteiger partial charge in [-0.15, -0.1) is 0 Å². The Morgan fingerprint density at radius 3 is 2.03 bits per heavy atom. The van der Waals surface area contributed by atoms with E-state index in [0.29, 0.717) is 5.56 Å². The zero-order valence-electron chi connectivity index (χ0n) is 17.4. The molecule has 3 amide bonds. The number of carbonyl (C=O) groups excluding carboxylic acids is 4. The number of hydrogen-bond acceptors (Lipinski definition) is 6. The van der Waals surface area contributed by atoms with E-state index >= 15 is 0 Å². The molecule has 9 heteroatoms. The lowest BCUT2D eigenvalue weighted by molar-refractivity contribution is -0.384. The second kappa shape index (κ2) is 7.77. The highest BCUT2D eigenvalue weighted by Gasteiger charge is 2.61. The monoisotopic (exact) mass is 445 g/mol. The van der Waals surface area contributed by atoms with Gasteiger partial charge in [0, 0.05) is 23.3 Å². The smallest absolute Gasteiger partial charge is 0.273 e. The topological polar surface area (TPSA) is 118 Å². The first-order valence-corrected chi connectivity index (χ1v) is 10.6. The summed E-state index contributed by atoms with van der Waals surface area (Å²) in [5.41, 5.74) is 0.157. The first-order chi connectivity index (χ1) is 15.9. The van der Waals surface area contributed by atoms with Crippen LogP contribution in [-0.2, 0) is 9.59 Å². The summed E-state index contributed by atoms with van der Waals surface area (Å²) in [6.45, 7) is -0.514. The minimum atomic E-state index is -0.754. The van der Waals surface area contributed by atoms with E-state index in [1.54, 1.807) is 30.3 Å². The Hall–Kier alpha value is -4.14. The van der Waals surface area contributed by atoms with E-state index in [2.05, 4.69) is 0 Å². The molecule has 2 aliphatic carbocycles. The lowest BCUT2D eigenvalue weighted by atomic mass is 9.85. The standard InChI is InChI=1S/C24H19N3O6/c28-19(14-4-2-1-3-5-14)13-25(22(29)15-8-10-18(11-9-15)27(32)33)26-23(30)20-16-6-7-17(12-16)21(20)24(26)31/h1-11,16-17,20-21H,12-13H2/t16-,17-,20-,21+/m0/s1. The van der Waals surface area contributed by atoms with Gasteiger partial charge in [0.15, 0.2) is 5.78 Å². The Balaban J connectivity index is 1.49. The van der Waals surface area contributed by atoms with E-state index in [1.165, 1.54) is 12.1 Å². The number of imide groups is 1. The number of hydrogen-bond donors (Lipinski definition) is 0. The van der Waals surface area contributed by atoms with Gasteiger partial charge in [-0.1, -0.05) is 42.5 Å². The van der Waals surface area contributed by atoms with Crippen molar-refractivity contribution in [2.45, 2.75) is 6.42 Å². The number of ketones is 1. The van der Waals surface area contributed by atoms with Gasteiger partial charge < -0.3 is 0 Å². The molecule has 1 saturated carbocycles. The van der Waals surface area contributed by atoms with E-state index in [9.17, 15) is 29.3 Å². The largest absolute Gasteiger partial charge is 0.292 e. The summed E-state index contributed by atoms with van der Waals surface area (Å²) in [5, 5.41) is 12.7. The number of amides is 3. The van der Waals surface area contributed by atoms with Gasteiger partial charge in [-0.05, 0) is 30.4 Å². The van der Waals surface area contributed by atoms with Crippen LogP contribution in [0.3, 0.4) is 0 Å². The molecule has 9 nitrogen and oxygen atoms in total. The van der Waals surface area contributed by atoms with Crippen molar-refractivity contribution in [1.82, 2.24) is 10.0 Å². The molecule has 0 aromatic heterocycles. The molecule has 0 N–H and O–H groups in total. The molecule has 166 valence electrons. The maximum Gasteiger partial charge on any atom is 0.273 e. The van der Waals surface area contributed by atoms with E-state index in [1.807, 2.05) is 12.2 Å². The molecule has 1 saturated heterocycles. The lowest BCUT2D eigenvalue weighted by Gasteiger charge is -2.30. The molecule has 5 rings (SSSR count). The molecule has 0 unspecified atom stereocenters. The predicted octanol–water partition coefficient (Wildman–Crippen LogP) is 2.64. The number of nitrogens with zero attached hydrogens (tertiary/aromatic N) is 3. The first-order valence-electron chi connectivity index (χ1n) is 10.6. The summed E-state index contributed by atoms with van der Waals surface area (Å²) in [6.07, 6.45) is 4.62. The summed E-state index contributed by atoms with van der Waals surface area (Å²) < 4.78 is 0. The van der Waals surface area contributed by atoms with Gasteiger partial charge in [-0.3, -0.25) is 29.3 Å². The van der Waals surface area contributed by atoms with Crippen molar-refractivity contribution < 1.29 is 24.1 Å². The number of nitro benzene ring substituents is 1. The molecule has 1 heterocycles. The van der Waals surface area contributed by atoms with Crippen molar-refractivity contribution >= 4 is 29.2 Å². The quantitative estimate of drug-likeness (QED) is 0.222. The molecule has 2 bridgehead atoms. The van der Waals surface area contributed by atoms with Gasteiger partial charge in [0.05, 0.1) is 16.8 Å². The molecule has 33 heavy (non-hydrogen) atoms. The van der Waals surface area contributed by atoms with Crippen LogP contribution in [0.1, 0.15) is 27.1 Å². The Labute approximate surface area is 188 Å². The highest BCUT2D eigenvalue weighted by Crippen LogP contribution is 2.52. The zero-order valence-corrected chi connectivity index (χ0v) is 17.4. The third-order valence-corrected chi connectivity index (χ3v) is 6.64. The number of fused-ring (bicyclic) bond motifs is 5. The number of non-ortho nitro benzene ring substituents is 1. The Bertz CT molecular complexity index is 1180. The zero-order chi connectivity index (χ0) is 23.3. The third kappa shape index (κ3) is 3.32. The van der Waals surface area contributed by atoms with Crippen LogP contribution >= 0.6 is 0 Å². The van der Waals surface area contributed by atoms with Crippen molar-refractivity contribution in [3.05, 3.63) is 88.0 Å². The maximum absolute atomic E-state index is 13.4. The molecule has 2 aromatic rings. The molecule has 0 spiro atoms. The molecule has 4 atom stereocenters. The molecule has 1 aliphatic heterocycles. The van der Waals surface area contributed by atoms with Crippen LogP contribution in [0.5, 0.6) is 0 Å². The molecular formula is C24H19N3O6. The summed E-state index contributed by atoms with van der Waals surface area (Å²) in [6, 6.07) is 13.1. The van der Waals surface area contributed by atoms with Gasteiger partial charge in [-0.25, -0.2) is 5.01 Å². The van der Waals surface area contributed by atoms with E-state index in [0.717, 1.165) is 28.6 Å². The van der Waals surface area contributed by atoms with Crippen molar-refractivity contribution in [2.75, 3.05) is 6.54 Å². The average molecular weight is 445 g/mol. The number of Topliss-reactive ketones (excluding diaryl/α,β-unsaturated/α-hetero) is 1. The van der Waals surface area contributed by atoms with Crippen molar-refractivity contribution in [2.24, 2.45) is 23.7 Å². The molecule has 2 aromatic carbocycles. The molecular weight excluding hydrogens is 426 g/mol. The minimum absolute atomic E-state index is 0.0280. The third-order valence-electron chi connectivity index (χ3n) is 6.64. The summed E-state index contributed by atoms with van der Waals surface area (Å²) in [4.78, 5) is 63.3. The van der Waals surface area contributed by atoms with Crippen molar-refractivity contribution in [1.29, 1.82) is 0 Å². The van der Waals surface area contributed by atoms with Crippen molar-refractivity contribution in [3.8, 4) is 0 Å². The van der Waals surface area contributed by atoms with Gasteiger partial charge in [0.25, 0.3) is 23.4 Å². The second-order valence-corrected chi connectivity index (χ2v) is 8.44. The number of carbonyl (C=O) groups is 4. The van der Waals surface area contributed by atoms with E-state index in [-0.39, 0.29) is 23.1 Å². The lowest BCUT2D eigenvalue weighted by Crippen LogP contribution is -2.52. The van der Waals surface area contributed by atoms with E-state index in [4.69, 9.17) is 0 Å². The van der Waals surface area contributed by atoms with Gasteiger partial charge in [0.2, 0.25) is 0 Å². The highest BCUT2D eigenvalue weighted by molar-refractivity contribution is 6.10. The van der Waals surface area contributed by atoms with Crippen LogP contribution < -0.4 is 0 Å². The Morgan fingerprint density at radius 1 is 0.909 bits per heavy atom. The van der Waals surface area contributed by atoms with Crippen LogP contribution in [-0.4, -0.2) is 45.0 Å². The fraction of sp³-hybridized carbons (Fsp3) is 0.250. The fourth-order valence-electron chi connectivity index (χ4n) is 5.08. The van der Waals surface area contributed by atoms with Crippen LogP contribution in [0.4, 0.5) is 5.69 Å². The van der Waals surface area contributed by atoms with Crippen LogP contribution in [0.15, 0.2) is 66.7 Å². The summed E-state index contributed by atoms with van der Waals surface area (Å²) >= 11 is 0. The average Bonchev–Trinajstić information content (AvgIpc) is 3.51. The molecule has 0 radical (unpaired) electrons. The van der Waals surface area contributed by atoms with Crippen LogP contribution in [0, 0.1) is 33.8 Å². The second-order valence-electron chi connectivity index (χ2n) is 8.44. The summed E-state index contributed by atoms with van der Waals surface area (Å²) in [5.74, 6) is -3.35. The predicted molar refractivity (Wildman–Crippen MR) is 114 cm³/mol. The van der Waals surface area contributed by atoms with Crippen molar-refractivity contribution in [3.63, 3.8) is 0 Å². The minimum Gasteiger partial charge on any atom is -0.292 e. The summed E-state index contributed by atoms with van der Waals surface area (Å²) in [7, 11) is 0. The Morgan fingerprint density at radius 2 is 1.48 bits per heavy atom. The fourth-order valence-corrected chi connectivity index (χ4v) is 5.08. The van der Waals surface area contributed by atoms with E-state index < -0.39 is 46.8 Å². The number of benzene rings is 2. The number of hydrazine groups is 1. The first kappa shape index (κ1) is 20.7. The molecule has 3 aliphatic rings. The number of nitro groups is 1. The SMILES string of the molecule is O=C(CN(C(=O)c1ccc([N+](=O)[O-])cc1)N1C(=O)[C@@H]2[C@H](C1=O)[C@H]1C=C[C@H]2C1)c1ccccc1. The van der Waals surface area contributed by atoms with Crippen LogP contribution in [0.25, 0.3) is 0 Å². The highest BCUT2D eigenvalue weighted by atomic mass is 16.6. The molecule has 2 fully saturated rings. The van der Waals surface area contributed by atoms with Gasteiger partial charge in [-0.2, -0.15) is 5.01 Å².